The summed E-state index contributed by atoms with van der Waals surface area (Å²) in [6.45, 7) is 4.94. The molecular formula is C12H17N5. The van der Waals surface area contributed by atoms with Gasteiger partial charge in [-0.05, 0) is 32.4 Å². The van der Waals surface area contributed by atoms with E-state index in [1.54, 1.807) is 12.3 Å². The second-order valence-electron chi connectivity index (χ2n) is 4.19. The maximum atomic E-state index is 8.83. The molecule has 1 saturated heterocycles. The van der Waals surface area contributed by atoms with E-state index < -0.39 is 0 Å². The third-order valence-corrected chi connectivity index (χ3v) is 3.03. The summed E-state index contributed by atoms with van der Waals surface area (Å²) in [6, 6.07) is 4.19. The fraction of sp³-hybridized carbons (Fsp3) is 0.583. The molecule has 1 fully saturated rings. The molecule has 0 aliphatic carbocycles. The summed E-state index contributed by atoms with van der Waals surface area (Å²) >= 11 is 0. The molecule has 1 N–H and O–H groups in total. The van der Waals surface area contributed by atoms with Crippen molar-refractivity contribution in [2.75, 3.05) is 24.5 Å². The van der Waals surface area contributed by atoms with Gasteiger partial charge in [-0.2, -0.15) is 5.26 Å². The summed E-state index contributed by atoms with van der Waals surface area (Å²) in [5.41, 5.74) is 0.424. The summed E-state index contributed by atoms with van der Waals surface area (Å²) in [4.78, 5) is 10.6. The normalized spacial score (nSPS) is 18.9. The Balaban J connectivity index is 2.08. The molecule has 1 unspecified atom stereocenters. The number of rotatable bonds is 4. The van der Waals surface area contributed by atoms with Gasteiger partial charge in [0.15, 0.2) is 0 Å². The molecule has 1 aliphatic heterocycles. The molecule has 2 rings (SSSR count). The van der Waals surface area contributed by atoms with Crippen molar-refractivity contribution in [3.63, 3.8) is 0 Å². The van der Waals surface area contributed by atoms with Crippen molar-refractivity contribution in [1.29, 1.82) is 5.26 Å². The lowest BCUT2D eigenvalue weighted by Crippen LogP contribution is -2.38. The maximum absolute atomic E-state index is 8.83. The van der Waals surface area contributed by atoms with E-state index in [2.05, 4.69) is 27.1 Å². The smallest absolute Gasteiger partial charge is 0.226 e. The number of hydrogen-bond acceptors (Lipinski definition) is 5. The molecule has 5 heteroatoms. The first-order valence-corrected chi connectivity index (χ1v) is 6.05. The average Bonchev–Trinajstić information content (AvgIpc) is 2.89. The van der Waals surface area contributed by atoms with Crippen molar-refractivity contribution in [1.82, 2.24) is 15.3 Å². The van der Waals surface area contributed by atoms with Crippen LogP contribution in [-0.2, 0) is 0 Å². The van der Waals surface area contributed by atoms with E-state index in [0.717, 1.165) is 19.6 Å². The second-order valence-corrected chi connectivity index (χ2v) is 4.19. The molecule has 1 aromatic rings. The van der Waals surface area contributed by atoms with E-state index in [-0.39, 0.29) is 0 Å². The Hall–Kier alpha value is -1.67. The highest BCUT2D eigenvalue weighted by molar-refractivity contribution is 5.33. The lowest BCUT2D eigenvalue weighted by molar-refractivity contribution is 0.580. The lowest BCUT2D eigenvalue weighted by Gasteiger charge is -2.24. The lowest BCUT2D eigenvalue weighted by atomic mass is 10.2. The zero-order chi connectivity index (χ0) is 12.1. The molecule has 0 spiro atoms. The predicted molar refractivity (Wildman–Crippen MR) is 65.7 cm³/mol. The quantitative estimate of drug-likeness (QED) is 0.835. The fourth-order valence-electron chi connectivity index (χ4n) is 2.09. The highest BCUT2D eigenvalue weighted by Crippen LogP contribution is 2.12. The Morgan fingerprint density at radius 2 is 2.53 bits per heavy atom. The number of aromatic nitrogens is 2. The largest absolute Gasteiger partial charge is 0.340 e. The number of likely N-dealkylation sites (N-methyl/N-ethyl adjacent to an activating group) is 1. The van der Waals surface area contributed by atoms with Crippen molar-refractivity contribution < 1.29 is 0 Å². The van der Waals surface area contributed by atoms with Crippen LogP contribution in [0.3, 0.4) is 0 Å². The van der Waals surface area contributed by atoms with Crippen LogP contribution < -0.4 is 10.2 Å². The van der Waals surface area contributed by atoms with Crippen LogP contribution in [0.25, 0.3) is 0 Å². The minimum Gasteiger partial charge on any atom is -0.340 e. The van der Waals surface area contributed by atoms with Crippen LogP contribution in [-0.4, -0.2) is 35.6 Å². The van der Waals surface area contributed by atoms with Crippen LogP contribution >= 0.6 is 0 Å². The van der Waals surface area contributed by atoms with Crippen molar-refractivity contribution in [3.8, 4) is 6.07 Å². The predicted octanol–water partition coefficient (Wildman–Crippen LogP) is 0.927. The van der Waals surface area contributed by atoms with Gasteiger partial charge in [0.05, 0.1) is 0 Å². The Labute approximate surface area is 101 Å². The van der Waals surface area contributed by atoms with Gasteiger partial charge in [-0.3, -0.25) is 0 Å². The van der Waals surface area contributed by atoms with Gasteiger partial charge < -0.3 is 10.2 Å². The first-order chi connectivity index (χ1) is 8.33. The number of anilines is 1. The van der Waals surface area contributed by atoms with Crippen LogP contribution in [0.15, 0.2) is 12.3 Å². The molecule has 0 bridgehead atoms. The van der Waals surface area contributed by atoms with Crippen molar-refractivity contribution in [2.45, 2.75) is 25.8 Å². The Kier molecular flexibility index (Phi) is 3.89. The van der Waals surface area contributed by atoms with E-state index in [0.29, 0.717) is 17.7 Å². The van der Waals surface area contributed by atoms with Gasteiger partial charge >= 0.3 is 0 Å². The molecule has 0 aromatic carbocycles. The third kappa shape index (κ3) is 2.92. The highest BCUT2D eigenvalue weighted by atomic mass is 15.3. The molecule has 0 amide bonds. The van der Waals surface area contributed by atoms with E-state index in [1.165, 1.54) is 12.8 Å². The van der Waals surface area contributed by atoms with Crippen molar-refractivity contribution >= 4 is 5.95 Å². The van der Waals surface area contributed by atoms with E-state index in [9.17, 15) is 0 Å². The number of nitrogens with one attached hydrogen (secondary N) is 1. The Morgan fingerprint density at radius 3 is 3.18 bits per heavy atom. The standard InChI is InChI=1S/C12H17N5/c1-2-17(9-11-4-3-6-14-11)12-15-7-5-10(8-13)16-12/h5,7,11,14H,2-4,6,9H2,1H3. The Bertz CT molecular complexity index is 406. The monoisotopic (exact) mass is 231 g/mol. The number of hydrogen-bond donors (Lipinski definition) is 1. The molecule has 0 saturated carbocycles. The van der Waals surface area contributed by atoms with Gasteiger partial charge in [0.25, 0.3) is 0 Å². The van der Waals surface area contributed by atoms with Crippen LogP contribution in [0.1, 0.15) is 25.5 Å². The van der Waals surface area contributed by atoms with Crippen molar-refractivity contribution in [3.05, 3.63) is 18.0 Å². The maximum Gasteiger partial charge on any atom is 0.226 e. The van der Waals surface area contributed by atoms with E-state index >= 15 is 0 Å². The highest BCUT2D eigenvalue weighted by Gasteiger charge is 2.18. The van der Waals surface area contributed by atoms with Gasteiger partial charge in [0, 0.05) is 25.3 Å². The van der Waals surface area contributed by atoms with Gasteiger partial charge in [0.1, 0.15) is 11.8 Å². The zero-order valence-corrected chi connectivity index (χ0v) is 10.1. The van der Waals surface area contributed by atoms with Gasteiger partial charge in [-0.15, -0.1) is 0 Å². The summed E-state index contributed by atoms with van der Waals surface area (Å²) < 4.78 is 0. The molecule has 2 heterocycles. The summed E-state index contributed by atoms with van der Waals surface area (Å²) in [6.07, 6.45) is 4.08. The van der Waals surface area contributed by atoms with Crippen molar-refractivity contribution in [2.24, 2.45) is 0 Å². The molecule has 1 aliphatic rings. The average molecular weight is 231 g/mol. The summed E-state index contributed by atoms with van der Waals surface area (Å²) in [7, 11) is 0. The minimum atomic E-state index is 0.424. The van der Waals surface area contributed by atoms with Crippen LogP contribution in [0.2, 0.25) is 0 Å². The fourth-order valence-corrected chi connectivity index (χ4v) is 2.09. The zero-order valence-electron chi connectivity index (χ0n) is 10.1. The third-order valence-electron chi connectivity index (χ3n) is 3.03. The van der Waals surface area contributed by atoms with Crippen LogP contribution in [0, 0.1) is 11.3 Å². The first kappa shape index (κ1) is 11.8. The molecule has 1 aromatic heterocycles. The van der Waals surface area contributed by atoms with Crippen LogP contribution in [0.4, 0.5) is 5.95 Å². The molecule has 5 nitrogen and oxygen atoms in total. The SMILES string of the molecule is CCN(CC1CCCN1)c1nccc(C#N)n1. The first-order valence-electron chi connectivity index (χ1n) is 6.05. The minimum absolute atomic E-state index is 0.424. The van der Waals surface area contributed by atoms with E-state index in [1.807, 2.05) is 6.07 Å². The number of nitrogens with zero attached hydrogens (tertiary/aromatic N) is 4. The Morgan fingerprint density at radius 1 is 1.65 bits per heavy atom. The van der Waals surface area contributed by atoms with Gasteiger partial charge in [0.2, 0.25) is 5.95 Å². The molecule has 17 heavy (non-hydrogen) atoms. The molecule has 1 atom stereocenters. The molecule has 0 radical (unpaired) electrons. The van der Waals surface area contributed by atoms with Gasteiger partial charge in [-0.1, -0.05) is 0 Å². The topological polar surface area (TPSA) is 64.8 Å². The van der Waals surface area contributed by atoms with E-state index in [4.69, 9.17) is 5.26 Å². The summed E-state index contributed by atoms with van der Waals surface area (Å²) in [5.74, 6) is 0.653. The summed E-state index contributed by atoms with van der Waals surface area (Å²) in [5, 5.41) is 12.3. The number of nitriles is 1. The molecular weight excluding hydrogens is 214 g/mol. The molecule has 90 valence electrons. The van der Waals surface area contributed by atoms with Crippen LogP contribution in [0.5, 0.6) is 0 Å². The second kappa shape index (κ2) is 5.60. The van der Waals surface area contributed by atoms with Gasteiger partial charge in [-0.25, -0.2) is 9.97 Å².